The van der Waals surface area contributed by atoms with Gasteiger partial charge in [-0.3, -0.25) is 19.3 Å². The number of nitrogens with one attached hydrogen (secondary N) is 1. The lowest BCUT2D eigenvalue weighted by molar-refractivity contribution is -0.117. The summed E-state index contributed by atoms with van der Waals surface area (Å²) >= 11 is 0. The fraction of sp³-hybridized carbons (Fsp3) is 0.292. The van der Waals surface area contributed by atoms with Crippen LogP contribution in [0.4, 0.5) is 0 Å². The van der Waals surface area contributed by atoms with E-state index in [0.717, 1.165) is 34.6 Å². The summed E-state index contributed by atoms with van der Waals surface area (Å²) in [5.41, 5.74) is 3.26. The molecule has 1 atom stereocenters. The van der Waals surface area contributed by atoms with Crippen molar-refractivity contribution in [3.05, 3.63) is 64.7 Å². The molecule has 2 aromatic carbocycles. The molecule has 31 heavy (non-hydrogen) atoms. The zero-order valence-corrected chi connectivity index (χ0v) is 17.1. The summed E-state index contributed by atoms with van der Waals surface area (Å²) in [6, 6.07) is 9.60. The normalized spacial score (nSPS) is 19.4. The van der Waals surface area contributed by atoms with Gasteiger partial charge in [0.1, 0.15) is 6.04 Å². The summed E-state index contributed by atoms with van der Waals surface area (Å²) in [4.78, 5) is 39.6. The second-order valence-corrected chi connectivity index (χ2v) is 7.85. The molecule has 3 aliphatic rings. The number of rotatable bonds is 3. The molecule has 1 unspecified atom stereocenters. The molecule has 2 aromatic rings. The van der Waals surface area contributed by atoms with Gasteiger partial charge in [-0.2, -0.15) is 0 Å². The van der Waals surface area contributed by atoms with Gasteiger partial charge in [0.15, 0.2) is 17.3 Å². The predicted molar refractivity (Wildman–Crippen MR) is 113 cm³/mol. The summed E-state index contributed by atoms with van der Waals surface area (Å²) < 4.78 is 11.6. The average Bonchev–Trinajstić information content (AvgIpc) is 2.92. The Bertz CT molecular complexity index is 1100. The summed E-state index contributed by atoms with van der Waals surface area (Å²) in [6.07, 6.45) is 3.10. The van der Waals surface area contributed by atoms with Crippen LogP contribution in [0.1, 0.15) is 45.2 Å². The lowest BCUT2D eigenvalue weighted by Crippen LogP contribution is -2.42. The number of carbonyl (C=O) groups is 3. The number of ether oxygens (including phenoxy) is 2. The number of amides is 2. The van der Waals surface area contributed by atoms with Crippen molar-refractivity contribution in [3.8, 4) is 11.5 Å². The third-order valence-corrected chi connectivity index (χ3v) is 5.88. The lowest BCUT2D eigenvalue weighted by Gasteiger charge is -2.24. The highest BCUT2D eigenvalue weighted by Crippen LogP contribution is 2.36. The number of nitrogens with zero attached hydrogens (tertiary/aromatic N) is 1. The van der Waals surface area contributed by atoms with E-state index in [-0.39, 0.29) is 5.78 Å². The van der Waals surface area contributed by atoms with Gasteiger partial charge >= 0.3 is 0 Å². The van der Waals surface area contributed by atoms with Gasteiger partial charge in [-0.1, -0.05) is 12.1 Å². The molecule has 0 fully saturated rings. The fourth-order valence-corrected chi connectivity index (χ4v) is 4.21. The van der Waals surface area contributed by atoms with Crippen LogP contribution in [0.15, 0.2) is 42.5 Å². The van der Waals surface area contributed by atoms with Crippen LogP contribution < -0.4 is 14.8 Å². The quantitative estimate of drug-likeness (QED) is 0.609. The summed E-state index contributed by atoms with van der Waals surface area (Å²) in [6.45, 7) is 3.45. The summed E-state index contributed by atoms with van der Waals surface area (Å²) in [7, 11) is 0. The first-order chi connectivity index (χ1) is 15.0. The zero-order chi connectivity index (χ0) is 21.5. The molecule has 0 bridgehead atoms. The van der Waals surface area contributed by atoms with Gasteiger partial charge in [0, 0.05) is 30.3 Å². The third kappa shape index (κ3) is 3.26. The number of ketones is 1. The van der Waals surface area contributed by atoms with Crippen LogP contribution in [-0.2, 0) is 11.2 Å². The Balaban J connectivity index is 1.44. The van der Waals surface area contributed by atoms with E-state index >= 15 is 0 Å². The minimum atomic E-state index is -0.910. The fourth-order valence-electron chi connectivity index (χ4n) is 4.21. The van der Waals surface area contributed by atoms with Crippen molar-refractivity contribution < 1.29 is 23.9 Å². The van der Waals surface area contributed by atoms with Crippen LogP contribution in [0.2, 0.25) is 0 Å². The van der Waals surface area contributed by atoms with Crippen LogP contribution in [-0.4, -0.2) is 48.3 Å². The molecule has 0 saturated heterocycles. The van der Waals surface area contributed by atoms with Crippen LogP contribution in [0.3, 0.4) is 0 Å². The predicted octanol–water partition coefficient (Wildman–Crippen LogP) is 2.59. The molecule has 0 radical (unpaired) electrons. The van der Waals surface area contributed by atoms with Crippen LogP contribution in [0.25, 0.3) is 5.70 Å². The van der Waals surface area contributed by atoms with E-state index < -0.39 is 17.9 Å². The van der Waals surface area contributed by atoms with E-state index in [1.165, 1.54) is 6.08 Å². The third-order valence-electron chi connectivity index (χ3n) is 5.88. The number of fused-ring (bicyclic) bond motifs is 3. The standard InChI is InChI=1S/C24H22N2O5/c1-14(26-23(28)16-5-2-3-6-17(16)24(26)29)20(27)13-19-18-12-22-21(30-9-4-10-31-22)11-15(18)7-8-25-19/h2-3,5-6,11-14,25H,4,7-10H2,1H3/b19-13-. The van der Waals surface area contributed by atoms with Gasteiger partial charge in [-0.15, -0.1) is 0 Å². The summed E-state index contributed by atoms with van der Waals surface area (Å²) in [5.74, 6) is 0.187. The van der Waals surface area contributed by atoms with E-state index in [4.69, 9.17) is 9.47 Å². The SMILES string of the molecule is CC(C(=O)/C=C1\NCCc2cc3c(cc21)OCCCO3)N1C(=O)c2ccccc2C1=O. The molecule has 0 spiro atoms. The molecule has 3 heterocycles. The van der Waals surface area contributed by atoms with E-state index in [2.05, 4.69) is 5.32 Å². The van der Waals surface area contributed by atoms with Gasteiger partial charge in [-0.05, 0) is 43.2 Å². The average molecular weight is 418 g/mol. The van der Waals surface area contributed by atoms with Crippen molar-refractivity contribution >= 4 is 23.3 Å². The Morgan fingerprint density at radius 3 is 2.35 bits per heavy atom. The summed E-state index contributed by atoms with van der Waals surface area (Å²) in [5, 5.41) is 3.27. The van der Waals surface area contributed by atoms with Crippen molar-refractivity contribution in [1.82, 2.24) is 10.2 Å². The van der Waals surface area contributed by atoms with Crippen LogP contribution in [0, 0.1) is 0 Å². The molecule has 0 saturated carbocycles. The molecular formula is C24H22N2O5. The highest BCUT2D eigenvalue weighted by atomic mass is 16.5. The maximum absolute atomic E-state index is 13.1. The van der Waals surface area contributed by atoms with Gasteiger partial charge in [0.05, 0.1) is 24.3 Å². The number of carbonyl (C=O) groups excluding carboxylic acids is 3. The Morgan fingerprint density at radius 1 is 1.03 bits per heavy atom. The molecule has 7 heteroatoms. The van der Waals surface area contributed by atoms with E-state index in [9.17, 15) is 14.4 Å². The number of benzene rings is 2. The molecule has 1 N–H and O–H groups in total. The number of hydrogen-bond donors (Lipinski definition) is 1. The first-order valence-corrected chi connectivity index (χ1v) is 10.4. The Hall–Kier alpha value is -3.61. The molecule has 0 aromatic heterocycles. The van der Waals surface area contributed by atoms with Crippen molar-refractivity contribution in [2.45, 2.75) is 25.8 Å². The molecule has 0 aliphatic carbocycles. The lowest BCUT2D eigenvalue weighted by atomic mass is 9.95. The topological polar surface area (TPSA) is 84.9 Å². The van der Waals surface area contributed by atoms with E-state index in [0.29, 0.717) is 42.3 Å². The number of imide groups is 1. The Kier molecular flexibility index (Phi) is 4.73. The number of hydrogen-bond acceptors (Lipinski definition) is 6. The smallest absolute Gasteiger partial charge is 0.262 e. The highest BCUT2D eigenvalue weighted by Gasteiger charge is 2.40. The first kappa shape index (κ1) is 19.4. The van der Waals surface area contributed by atoms with Crippen molar-refractivity contribution in [2.75, 3.05) is 19.8 Å². The molecular weight excluding hydrogens is 396 g/mol. The molecule has 7 nitrogen and oxygen atoms in total. The maximum Gasteiger partial charge on any atom is 0.262 e. The minimum absolute atomic E-state index is 0.322. The molecule has 158 valence electrons. The minimum Gasteiger partial charge on any atom is -0.490 e. The van der Waals surface area contributed by atoms with Crippen LogP contribution in [0.5, 0.6) is 11.5 Å². The largest absolute Gasteiger partial charge is 0.490 e. The van der Waals surface area contributed by atoms with Crippen molar-refractivity contribution in [3.63, 3.8) is 0 Å². The highest BCUT2D eigenvalue weighted by molar-refractivity contribution is 6.23. The Labute approximate surface area is 179 Å². The zero-order valence-electron chi connectivity index (χ0n) is 17.1. The van der Waals surface area contributed by atoms with Gasteiger partial charge in [0.25, 0.3) is 11.8 Å². The van der Waals surface area contributed by atoms with Gasteiger partial charge in [-0.25, -0.2) is 0 Å². The second-order valence-electron chi connectivity index (χ2n) is 7.85. The van der Waals surface area contributed by atoms with Crippen LogP contribution >= 0.6 is 0 Å². The first-order valence-electron chi connectivity index (χ1n) is 10.4. The molecule has 2 amide bonds. The van der Waals surface area contributed by atoms with E-state index in [1.54, 1.807) is 31.2 Å². The van der Waals surface area contributed by atoms with Crippen molar-refractivity contribution in [2.24, 2.45) is 0 Å². The van der Waals surface area contributed by atoms with Gasteiger partial charge in [0.2, 0.25) is 0 Å². The Morgan fingerprint density at radius 2 is 1.68 bits per heavy atom. The molecule has 5 rings (SSSR count). The monoisotopic (exact) mass is 418 g/mol. The molecule has 3 aliphatic heterocycles. The second kappa shape index (κ2) is 7.58. The van der Waals surface area contributed by atoms with E-state index in [1.807, 2.05) is 12.1 Å². The maximum atomic E-state index is 13.1. The van der Waals surface area contributed by atoms with Gasteiger partial charge < -0.3 is 14.8 Å². The van der Waals surface area contributed by atoms with Crippen molar-refractivity contribution in [1.29, 1.82) is 0 Å².